The Kier molecular flexibility index (Phi) is 6.58. The summed E-state index contributed by atoms with van der Waals surface area (Å²) in [4.78, 5) is 12.5. The fraction of sp³-hybridized carbons (Fsp3) is 0.316. The summed E-state index contributed by atoms with van der Waals surface area (Å²) in [5.74, 6) is 1.60. The number of carbonyl (C=O) groups excluding carboxylic acids is 1. The lowest BCUT2D eigenvalue weighted by Gasteiger charge is -2.18. The monoisotopic (exact) mass is 361 g/mol. The first-order chi connectivity index (χ1) is 11.9. The molecule has 0 aliphatic carbocycles. The molecule has 0 heterocycles. The standard InChI is InChI=1S/C19H23NO4S/c1-13(17-9-8-16(23-2)11-18(17)24-3)20-19(21)15-7-5-6-14(10-15)12-25(4)22/h5-11,13H,12H2,1-4H3,(H,20,21). The largest absolute Gasteiger partial charge is 0.497 e. The number of methoxy groups -OCH3 is 2. The van der Waals surface area contributed by atoms with Crippen LogP contribution in [-0.2, 0) is 16.6 Å². The molecule has 0 saturated carbocycles. The molecule has 1 amide bonds. The van der Waals surface area contributed by atoms with Crippen molar-refractivity contribution >= 4 is 16.7 Å². The first-order valence-corrected chi connectivity index (χ1v) is 9.59. The lowest BCUT2D eigenvalue weighted by Crippen LogP contribution is -2.27. The van der Waals surface area contributed by atoms with Gasteiger partial charge in [0, 0.05) is 40.0 Å². The fourth-order valence-corrected chi connectivity index (χ4v) is 3.22. The molecule has 0 fully saturated rings. The van der Waals surface area contributed by atoms with E-state index in [0.717, 1.165) is 11.1 Å². The smallest absolute Gasteiger partial charge is 0.251 e. The topological polar surface area (TPSA) is 64.6 Å². The van der Waals surface area contributed by atoms with Crippen molar-refractivity contribution in [2.24, 2.45) is 0 Å². The van der Waals surface area contributed by atoms with E-state index in [4.69, 9.17) is 9.47 Å². The average molecular weight is 361 g/mol. The van der Waals surface area contributed by atoms with Gasteiger partial charge in [-0.2, -0.15) is 0 Å². The Bertz CT molecular complexity index is 776. The molecule has 0 radical (unpaired) electrons. The van der Waals surface area contributed by atoms with E-state index in [2.05, 4.69) is 5.32 Å². The van der Waals surface area contributed by atoms with Gasteiger partial charge < -0.3 is 14.8 Å². The Morgan fingerprint density at radius 1 is 1.16 bits per heavy atom. The molecule has 2 aromatic rings. The summed E-state index contributed by atoms with van der Waals surface area (Å²) in [6, 6.07) is 12.4. The SMILES string of the molecule is COc1ccc(C(C)NC(=O)c2cccc(CS(C)=O)c2)c(OC)c1. The van der Waals surface area contributed by atoms with E-state index in [1.165, 1.54) is 0 Å². The zero-order valence-electron chi connectivity index (χ0n) is 14.9. The van der Waals surface area contributed by atoms with Crippen LogP contribution >= 0.6 is 0 Å². The molecule has 0 saturated heterocycles. The Morgan fingerprint density at radius 2 is 1.92 bits per heavy atom. The van der Waals surface area contributed by atoms with Gasteiger partial charge in [0.1, 0.15) is 11.5 Å². The van der Waals surface area contributed by atoms with Crippen molar-refractivity contribution in [3.05, 3.63) is 59.2 Å². The summed E-state index contributed by atoms with van der Waals surface area (Å²) in [5, 5.41) is 2.97. The molecule has 0 aliphatic heterocycles. The van der Waals surface area contributed by atoms with Crippen LogP contribution in [0.1, 0.15) is 34.5 Å². The molecule has 6 heteroatoms. The third kappa shape index (κ3) is 5.06. The summed E-state index contributed by atoms with van der Waals surface area (Å²) in [5.41, 5.74) is 2.29. The Labute approximate surface area is 150 Å². The molecular weight excluding hydrogens is 338 g/mol. The van der Waals surface area contributed by atoms with E-state index >= 15 is 0 Å². The van der Waals surface area contributed by atoms with Gasteiger partial charge in [-0.1, -0.05) is 12.1 Å². The van der Waals surface area contributed by atoms with Crippen LogP contribution < -0.4 is 14.8 Å². The number of carbonyl (C=O) groups is 1. The van der Waals surface area contributed by atoms with E-state index in [-0.39, 0.29) is 11.9 Å². The van der Waals surface area contributed by atoms with Crippen LogP contribution in [0, 0.1) is 0 Å². The third-order valence-electron chi connectivity index (χ3n) is 3.81. The minimum absolute atomic E-state index is 0.186. The summed E-state index contributed by atoms with van der Waals surface area (Å²) < 4.78 is 22.0. The van der Waals surface area contributed by atoms with Crippen molar-refractivity contribution in [1.29, 1.82) is 0 Å². The van der Waals surface area contributed by atoms with Gasteiger partial charge in [-0.05, 0) is 36.8 Å². The minimum Gasteiger partial charge on any atom is -0.497 e. The highest BCUT2D eigenvalue weighted by molar-refractivity contribution is 7.83. The van der Waals surface area contributed by atoms with Gasteiger partial charge >= 0.3 is 0 Å². The number of hydrogen-bond donors (Lipinski definition) is 1. The van der Waals surface area contributed by atoms with Gasteiger partial charge in [-0.3, -0.25) is 9.00 Å². The van der Waals surface area contributed by atoms with Gasteiger partial charge in [0.15, 0.2) is 0 Å². The number of benzene rings is 2. The minimum atomic E-state index is -0.946. The summed E-state index contributed by atoms with van der Waals surface area (Å²) >= 11 is 0. The van der Waals surface area contributed by atoms with Crippen molar-refractivity contribution in [2.75, 3.05) is 20.5 Å². The summed E-state index contributed by atoms with van der Waals surface area (Å²) in [6.07, 6.45) is 1.64. The number of ether oxygens (including phenoxy) is 2. The van der Waals surface area contributed by atoms with E-state index in [1.54, 1.807) is 44.7 Å². The maximum absolute atomic E-state index is 12.5. The maximum atomic E-state index is 12.5. The molecule has 0 aromatic heterocycles. The van der Waals surface area contributed by atoms with Crippen molar-refractivity contribution < 1.29 is 18.5 Å². The second-order valence-corrected chi connectivity index (χ2v) is 7.16. The van der Waals surface area contributed by atoms with Crippen LogP contribution in [0.15, 0.2) is 42.5 Å². The number of rotatable bonds is 7. The van der Waals surface area contributed by atoms with Crippen molar-refractivity contribution in [2.45, 2.75) is 18.7 Å². The predicted molar refractivity (Wildman–Crippen MR) is 99.6 cm³/mol. The molecule has 2 aromatic carbocycles. The van der Waals surface area contributed by atoms with Gasteiger partial charge in [0.2, 0.25) is 0 Å². The number of hydrogen-bond acceptors (Lipinski definition) is 4. The molecular formula is C19H23NO4S. The van der Waals surface area contributed by atoms with Gasteiger partial charge in [0.25, 0.3) is 5.91 Å². The van der Waals surface area contributed by atoms with E-state index in [9.17, 15) is 9.00 Å². The molecule has 134 valence electrons. The molecule has 25 heavy (non-hydrogen) atoms. The molecule has 2 unspecified atom stereocenters. The van der Waals surface area contributed by atoms with Crippen LogP contribution in [-0.4, -0.2) is 30.6 Å². The highest BCUT2D eigenvalue weighted by Gasteiger charge is 2.16. The van der Waals surface area contributed by atoms with Crippen LogP contribution in [0.5, 0.6) is 11.5 Å². The van der Waals surface area contributed by atoms with Crippen molar-refractivity contribution in [3.8, 4) is 11.5 Å². The van der Waals surface area contributed by atoms with E-state index < -0.39 is 10.8 Å². The second kappa shape index (κ2) is 8.67. The van der Waals surface area contributed by atoms with Crippen LogP contribution in [0.4, 0.5) is 0 Å². The first-order valence-electron chi connectivity index (χ1n) is 7.86. The zero-order valence-corrected chi connectivity index (χ0v) is 15.7. The van der Waals surface area contributed by atoms with Crippen LogP contribution in [0.25, 0.3) is 0 Å². The molecule has 2 rings (SSSR count). The molecule has 5 nitrogen and oxygen atoms in total. The number of amides is 1. The Morgan fingerprint density at radius 3 is 2.56 bits per heavy atom. The van der Waals surface area contributed by atoms with Crippen LogP contribution in [0.3, 0.4) is 0 Å². The Balaban J connectivity index is 2.16. The normalized spacial score (nSPS) is 13.0. The molecule has 0 bridgehead atoms. The Hall–Kier alpha value is -2.34. The van der Waals surface area contributed by atoms with Gasteiger partial charge in [0.05, 0.1) is 20.3 Å². The first kappa shape index (κ1) is 19.0. The highest BCUT2D eigenvalue weighted by Crippen LogP contribution is 2.29. The average Bonchev–Trinajstić information content (AvgIpc) is 2.60. The molecule has 0 spiro atoms. The van der Waals surface area contributed by atoms with E-state index in [0.29, 0.717) is 22.8 Å². The molecule has 1 N–H and O–H groups in total. The molecule has 0 aliphatic rings. The molecule has 2 atom stereocenters. The number of nitrogens with one attached hydrogen (secondary N) is 1. The van der Waals surface area contributed by atoms with Crippen molar-refractivity contribution in [1.82, 2.24) is 5.32 Å². The summed E-state index contributed by atoms with van der Waals surface area (Å²) in [6.45, 7) is 1.90. The summed E-state index contributed by atoms with van der Waals surface area (Å²) in [7, 11) is 2.23. The van der Waals surface area contributed by atoms with E-state index in [1.807, 2.05) is 25.1 Å². The quantitative estimate of drug-likeness (QED) is 0.823. The maximum Gasteiger partial charge on any atom is 0.251 e. The van der Waals surface area contributed by atoms with Gasteiger partial charge in [-0.25, -0.2) is 0 Å². The van der Waals surface area contributed by atoms with Gasteiger partial charge in [-0.15, -0.1) is 0 Å². The van der Waals surface area contributed by atoms with Crippen LogP contribution in [0.2, 0.25) is 0 Å². The fourth-order valence-electron chi connectivity index (χ4n) is 2.57. The second-order valence-electron chi connectivity index (χ2n) is 5.72. The third-order valence-corrected chi connectivity index (χ3v) is 4.55. The zero-order chi connectivity index (χ0) is 18.4. The lowest BCUT2D eigenvalue weighted by molar-refractivity contribution is 0.0939. The predicted octanol–water partition coefficient (Wildman–Crippen LogP) is 3.07. The van der Waals surface area contributed by atoms with Crippen molar-refractivity contribution in [3.63, 3.8) is 0 Å². The lowest BCUT2D eigenvalue weighted by atomic mass is 10.1. The highest BCUT2D eigenvalue weighted by atomic mass is 32.2.